The highest BCUT2D eigenvalue weighted by molar-refractivity contribution is 6.41. The van der Waals surface area contributed by atoms with Gasteiger partial charge in [0.25, 0.3) is 5.91 Å². The Labute approximate surface area is 73.2 Å². The van der Waals surface area contributed by atoms with Gasteiger partial charge in [0.05, 0.1) is 0 Å². The van der Waals surface area contributed by atoms with Crippen molar-refractivity contribution >= 4 is 17.6 Å². The van der Waals surface area contributed by atoms with E-state index in [9.17, 15) is 4.79 Å². The van der Waals surface area contributed by atoms with Gasteiger partial charge in [-0.2, -0.15) is 0 Å². The second-order valence-corrected chi connectivity index (χ2v) is 2.26. The smallest absolute Gasteiger partial charge is 0.295 e. The van der Waals surface area contributed by atoms with E-state index in [1.54, 1.807) is 6.92 Å². The van der Waals surface area contributed by atoms with Crippen LogP contribution in [0.15, 0.2) is 15.7 Å². The van der Waals surface area contributed by atoms with E-state index in [1.165, 1.54) is 6.07 Å². The Bertz CT molecular complexity index is 343. The molecule has 0 bridgehead atoms. The molecule has 0 saturated heterocycles. The van der Waals surface area contributed by atoms with Crippen molar-refractivity contribution in [3.8, 4) is 0 Å². The lowest BCUT2D eigenvalue weighted by Gasteiger charge is -1.96. The van der Waals surface area contributed by atoms with Crippen molar-refractivity contribution in [3.05, 3.63) is 11.8 Å². The maximum atomic E-state index is 10.9. The van der Waals surface area contributed by atoms with Crippen molar-refractivity contribution in [1.82, 2.24) is 5.16 Å². The number of amidine groups is 1. The molecule has 13 heavy (non-hydrogen) atoms. The van der Waals surface area contributed by atoms with Gasteiger partial charge in [0.15, 0.2) is 5.82 Å². The van der Waals surface area contributed by atoms with Crippen molar-refractivity contribution < 1.29 is 14.5 Å². The van der Waals surface area contributed by atoms with Gasteiger partial charge in [-0.3, -0.25) is 4.79 Å². The molecule has 7 nitrogen and oxygen atoms in total. The Balaban J connectivity index is 2.65. The van der Waals surface area contributed by atoms with Gasteiger partial charge in [-0.05, 0) is 6.92 Å². The summed E-state index contributed by atoms with van der Waals surface area (Å²) in [6, 6.07) is 1.50. The summed E-state index contributed by atoms with van der Waals surface area (Å²) < 4.78 is 4.67. The number of amides is 1. The maximum absolute atomic E-state index is 10.9. The number of oxime groups is 1. The van der Waals surface area contributed by atoms with Crippen LogP contribution in [0.4, 0.5) is 5.82 Å². The Kier molecular flexibility index (Phi) is 2.48. The first kappa shape index (κ1) is 9.04. The SMILES string of the molecule is Cc1cc(NC(=O)/C(N)=N/O)no1. The van der Waals surface area contributed by atoms with E-state index >= 15 is 0 Å². The fourth-order valence-corrected chi connectivity index (χ4v) is 0.651. The first-order valence-electron chi connectivity index (χ1n) is 3.35. The van der Waals surface area contributed by atoms with E-state index in [0.717, 1.165) is 0 Å². The molecule has 0 aliphatic rings. The normalized spacial score (nSPS) is 11.3. The van der Waals surface area contributed by atoms with Gasteiger partial charge in [0.2, 0.25) is 5.84 Å². The van der Waals surface area contributed by atoms with Crippen LogP contribution < -0.4 is 11.1 Å². The van der Waals surface area contributed by atoms with Crippen LogP contribution in [0.5, 0.6) is 0 Å². The van der Waals surface area contributed by atoms with Gasteiger partial charge in [-0.15, -0.1) is 0 Å². The third-order valence-corrected chi connectivity index (χ3v) is 1.21. The van der Waals surface area contributed by atoms with E-state index in [0.29, 0.717) is 5.76 Å². The number of anilines is 1. The second-order valence-electron chi connectivity index (χ2n) is 2.26. The quantitative estimate of drug-likeness (QED) is 0.239. The van der Waals surface area contributed by atoms with Crippen molar-refractivity contribution in [2.75, 3.05) is 5.32 Å². The predicted molar refractivity (Wildman–Crippen MR) is 43.3 cm³/mol. The number of aryl methyl sites for hydroxylation is 1. The number of carbonyl (C=O) groups excluding carboxylic acids is 1. The third-order valence-electron chi connectivity index (χ3n) is 1.21. The first-order valence-corrected chi connectivity index (χ1v) is 3.35. The Hall–Kier alpha value is -2.05. The standard InChI is InChI=1S/C6H8N4O3/c1-3-2-4(10-13-3)8-6(11)5(7)9-12/h2,12H,1H3,(H2,7,9)(H,8,10,11). The molecule has 0 radical (unpaired) electrons. The van der Waals surface area contributed by atoms with Crippen LogP contribution in [-0.4, -0.2) is 22.1 Å². The molecule has 70 valence electrons. The minimum atomic E-state index is -0.740. The fourth-order valence-electron chi connectivity index (χ4n) is 0.651. The number of nitrogens with one attached hydrogen (secondary N) is 1. The fraction of sp³-hybridized carbons (Fsp3) is 0.167. The predicted octanol–water partition coefficient (Wildman–Crippen LogP) is -0.332. The molecule has 0 aromatic carbocycles. The van der Waals surface area contributed by atoms with Gasteiger partial charge >= 0.3 is 0 Å². The summed E-state index contributed by atoms with van der Waals surface area (Å²) >= 11 is 0. The average molecular weight is 184 g/mol. The zero-order chi connectivity index (χ0) is 9.84. The molecule has 0 fully saturated rings. The lowest BCUT2D eigenvalue weighted by atomic mass is 10.4. The molecule has 1 heterocycles. The summed E-state index contributed by atoms with van der Waals surface area (Å²) in [5, 5.41) is 16.4. The highest BCUT2D eigenvalue weighted by atomic mass is 16.5. The van der Waals surface area contributed by atoms with E-state index in [2.05, 4.69) is 20.2 Å². The van der Waals surface area contributed by atoms with Gasteiger partial charge in [0.1, 0.15) is 5.76 Å². The van der Waals surface area contributed by atoms with E-state index in [1.807, 2.05) is 0 Å². The van der Waals surface area contributed by atoms with Gasteiger partial charge in [-0.1, -0.05) is 10.3 Å². The third kappa shape index (κ3) is 2.19. The molecule has 1 aromatic rings. The zero-order valence-electron chi connectivity index (χ0n) is 6.81. The Morgan fingerprint density at radius 3 is 3.00 bits per heavy atom. The molecule has 1 rings (SSSR count). The lowest BCUT2D eigenvalue weighted by molar-refractivity contribution is -0.110. The van der Waals surface area contributed by atoms with Crippen LogP contribution >= 0.6 is 0 Å². The highest BCUT2D eigenvalue weighted by Crippen LogP contribution is 2.06. The number of hydrogen-bond acceptors (Lipinski definition) is 5. The molecule has 1 amide bonds. The Morgan fingerprint density at radius 2 is 2.54 bits per heavy atom. The van der Waals surface area contributed by atoms with Crippen LogP contribution in [-0.2, 0) is 4.79 Å². The second kappa shape index (κ2) is 3.57. The monoisotopic (exact) mass is 184 g/mol. The minimum Gasteiger partial charge on any atom is -0.409 e. The molecule has 0 atom stereocenters. The van der Waals surface area contributed by atoms with Gasteiger partial charge in [0, 0.05) is 6.07 Å². The molecule has 0 aliphatic heterocycles. The summed E-state index contributed by atoms with van der Waals surface area (Å²) in [6.45, 7) is 1.67. The first-order chi connectivity index (χ1) is 6.13. The van der Waals surface area contributed by atoms with Crippen LogP contribution in [0.1, 0.15) is 5.76 Å². The molecule has 0 unspecified atom stereocenters. The van der Waals surface area contributed by atoms with Crippen LogP contribution in [0, 0.1) is 6.92 Å². The number of hydrogen-bond donors (Lipinski definition) is 3. The number of nitrogens with two attached hydrogens (primary N) is 1. The van der Waals surface area contributed by atoms with Crippen LogP contribution in [0.3, 0.4) is 0 Å². The van der Waals surface area contributed by atoms with Crippen molar-refractivity contribution in [1.29, 1.82) is 0 Å². The molecule has 1 aromatic heterocycles. The van der Waals surface area contributed by atoms with Crippen LogP contribution in [0.2, 0.25) is 0 Å². The summed E-state index contributed by atoms with van der Waals surface area (Å²) in [4.78, 5) is 10.9. The van der Waals surface area contributed by atoms with Crippen molar-refractivity contribution in [2.24, 2.45) is 10.9 Å². The topological polar surface area (TPSA) is 114 Å². The van der Waals surface area contributed by atoms with Gasteiger partial charge < -0.3 is 20.8 Å². The van der Waals surface area contributed by atoms with Crippen LogP contribution in [0.25, 0.3) is 0 Å². The average Bonchev–Trinajstić information content (AvgIpc) is 2.49. The van der Waals surface area contributed by atoms with Gasteiger partial charge in [-0.25, -0.2) is 0 Å². The molecule has 0 spiro atoms. The van der Waals surface area contributed by atoms with Crippen molar-refractivity contribution in [3.63, 3.8) is 0 Å². The van der Waals surface area contributed by atoms with E-state index in [-0.39, 0.29) is 5.82 Å². The number of aromatic nitrogens is 1. The summed E-state index contributed by atoms with van der Waals surface area (Å²) in [6.07, 6.45) is 0. The van der Waals surface area contributed by atoms with E-state index < -0.39 is 11.7 Å². The molecule has 4 N–H and O–H groups in total. The number of rotatable bonds is 1. The summed E-state index contributed by atoms with van der Waals surface area (Å²) in [5.41, 5.74) is 5.00. The molecular formula is C6H8N4O3. The van der Waals surface area contributed by atoms with Crippen molar-refractivity contribution in [2.45, 2.75) is 6.92 Å². The molecule has 7 heteroatoms. The molecule has 0 saturated carbocycles. The maximum Gasteiger partial charge on any atom is 0.295 e. The summed E-state index contributed by atoms with van der Waals surface area (Å²) in [7, 11) is 0. The molecular weight excluding hydrogens is 176 g/mol. The zero-order valence-corrected chi connectivity index (χ0v) is 6.81. The van der Waals surface area contributed by atoms with E-state index in [4.69, 9.17) is 10.9 Å². The highest BCUT2D eigenvalue weighted by Gasteiger charge is 2.09. The Morgan fingerprint density at radius 1 is 1.85 bits per heavy atom. The molecule has 0 aliphatic carbocycles. The summed E-state index contributed by atoms with van der Waals surface area (Å²) in [5.74, 6) is -0.514. The number of carbonyl (C=O) groups is 1. The minimum absolute atomic E-state index is 0.217. The number of nitrogens with zero attached hydrogens (tertiary/aromatic N) is 2. The largest absolute Gasteiger partial charge is 0.409 e. The lowest BCUT2D eigenvalue weighted by Crippen LogP contribution is -2.30.